The summed E-state index contributed by atoms with van der Waals surface area (Å²) in [5, 5.41) is 17.0. The lowest BCUT2D eigenvalue weighted by molar-refractivity contribution is -0.128. The van der Waals surface area contributed by atoms with Gasteiger partial charge in [-0.15, -0.1) is 24.8 Å². The number of amides is 1. The van der Waals surface area contributed by atoms with Crippen molar-refractivity contribution in [2.24, 2.45) is 11.8 Å². The van der Waals surface area contributed by atoms with E-state index in [2.05, 4.69) is 61.4 Å². The van der Waals surface area contributed by atoms with Crippen molar-refractivity contribution in [1.29, 1.82) is 0 Å². The number of likely N-dealkylation sites (tertiary alicyclic amines) is 1. The predicted octanol–water partition coefficient (Wildman–Crippen LogP) is 5.48. The number of carbonyl (C=O) groups is 1. The van der Waals surface area contributed by atoms with Crippen LogP contribution in [0.3, 0.4) is 0 Å². The molecule has 4 rings (SSSR count). The Hall–Kier alpha value is -1.99. The van der Waals surface area contributed by atoms with Gasteiger partial charge < -0.3 is 20.1 Å². The molecule has 0 bridgehead atoms. The molecule has 2 aromatic carbocycles. The Balaban J connectivity index is 0.00000267. The Morgan fingerprint density at radius 1 is 1.21 bits per heavy atom. The number of nitrogens with one attached hydrogen (secondary N) is 2. The average Bonchev–Trinajstić information content (AvgIpc) is 2.89. The van der Waals surface area contributed by atoms with Crippen molar-refractivity contribution in [1.82, 2.24) is 15.5 Å². The van der Waals surface area contributed by atoms with Gasteiger partial charge in [-0.05, 0) is 84.5 Å². The van der Waals surface area contributed by atoms with Gasteiger partial charge in [-0.2, -0.15) is 0 Å². The number of hydrogen-bond donors (Lipinski definition) is 3. The number of carbonyl (C=O) groups excluding carboxylic acids is 1. The van der Waals surface area contributed by atoms with Gasteiger partial charge in [-0.25, -0.2) is 0 Å². The highest BCUT2D eigenvalue weighted by molar-refractivity contribution is 5.87. The molecule has 0 aromatic heterocycles. The first-order chi connectivity index (χ1) is 17.6. The molecular weight excluding hydrogens is 533 g/mol. The minimum absolute atomic E-state index is 0. The van der Waals surface area contributed by atoms with Crippen LogP contribution in [0, 0.1) is 11.8 Å². The molecule has 39 heavy (non-hydrogen) atoms. The Kier molecular flexibility index (Phi) is 11.6. The highest BCUT2D eigenvalue weighted by Gasteiger charge is 2.41. The first kappa shape index (κ1) is 33.2. The molecule has 3 N–H and O–H groups in total. The van der Waals surface area contributed by atoms with Crippen LogP contribution < -0.4 is 15.4 Å². The van der Waals surface area contributed by atoms with Crippen molar-refractivity contribution in [2.45, 2.75) is 77.4 Å². The third-order valence-electron chi connectivity index (χ3n) is 9.30. The second-order valence-electron chi connectivity index (χ2n) is 11.8. The van der Waals surface area contributed by atoms with Gasteiger partial charge in [0.1, 0.15) is 11.5 Å². The van der Waals surface area contributed by atoms with E-state index in [9.17, 15) is 9.90 Å². The maximum Gasteiger partial charge on any atom is 0.240 e. The average molecular weight is 581 g/mol. The number of benzene rings is 2. The molecule has 0 aliphatic carbocycles. The summed E-state index contributed by atoms with van der Waals surface area (Å²) >= 11 is 0. The van der Waals surface area contributed by atoms with Crippen LogP contribution in [-0.2, 0) is 23.2 Å². The van der Waals surface area contributed by atoms with E-state index < -0.39 is 5.54 Å². The highest BCUT2D eigenvalue weighted by Crippen LogP contribution is 2.40. The van der Waals surface area contributed by atoms with Gasteiger partial charge >= 0.3 is 0 Å². The smallest absolute Gasteiger partial charge is 0.240 e. The van der Waals surface area contributed by atoms with Crippen LogP contribution in [0.1, 0.15) is 64.2 Å². The van der Waals surface area contributed by atoms with E-state index >= 15 is 0 Å². The van der Waals surface area contributed by atoms with Crippen molar-refractivity contribution < 1.29 is 14.6 Å². The van der Waals surface area contributed by atoms with Gasteiger partial charge in [0.25, 0.3) is 0 Å². The van der Waals surface area contributed by atoms with Crippen molar-refractivity contribution in [2.75, 3.05) is 26.7 Å². The molecule has 2 heterocycles. The molecule has 0 spiro atoms. The van der Waals surface area contributed by atoms with Crippen LogP contribution in [0.2, 0.25) is 0 Å². The number of aromatic hydroxyl groups is 1. The first-order valence-corrected chi connectivity index (χ1v) is 13.8. The summed E-state index contributed by atoms with van der Waals surface area (Å²) in [7, 11) is 1.68. The van der Waals surface area contributed by atoms with Gasteiger partial charge in [0, 0.05) is 25.7 Å². The molecule has 2 aliphatic heterocycles. The lowest BCUT2D eigenvalue weighted by atomic mass is 9.68. The molecule has 1 amide bonds. The van der Waals surface area contributed by atoms with Crippen molar-refractivity contribution in [3.8, 4) is 11.5 Å². The van der Waals surface area contributed by atoms with Crippen LogP contribution in [0.25, 0.3) is 0 Å². The number of ether oxygens (including phenoxy) is 1. The van der Waals surface area contributed by atoms with Gasteiger partial charge in [-0.3, -0.25) is 10.1 Å². The quantitative estimate of drug-likeness (QED) is 0.386. The van der Waals surface area contributed by atoms with Crippen LogP contribution in [-0.4, -0.2) is 54.2 Å². The Morgan fingerprint density at radius 2 is 1.95 bits per heavy atom. The fourth-order valence-electron chi connectivity index (χ4n) is 5.99. The van der Waals surface area contributed by atoms with Gasteiger partial charge in [-0.1, -0.05) is 52.3 Å². The molecule has 1 saturated heterocycles. The van der Waals surface area contributed by atoms with Crippen LogP contribution in [0.4, 0.5) is 0 Å². The number of phenols is 1. The minimum atomic E-state index is -0.642. The zero-order valence-electron chi connectivity index (χ0n) is 24.3. The van der Waals surface area contributed by atoms with E-state index in [0.29, 0.717) is 30.6 Å². The second kappa shape index (κ2) is 13.6. The monoisotopic (exact) mass is 579 g/mol. The molecule has 2 aromatic rings. The Bertz CT molecular complexity index is 1120. The zero-order chi connectivity index (χ0) is 26.8. The topological polar surface area (TPSA) is 73.8 Å². The fraction of sp³-hybridized carbons (Fsp3) is 0.581. The van der Waals surface area contributed by atoms with E-state index in [1.165, 1.54) is 16.7 Å². The van der Waals surface area contributed by atoms with Gasteiger partial charge in [0.2, 0.25) is 5.91 Å². The number of rotatable bonds is 8. The van der Waals surface area contributed by atoms with E-state index in [1.807, 2.05) is 25.1 Å². The maximum atomic E-state index is 13.7. The summed E-state index contributed by atoms with van der Waals surface area (Å²) in [4.78, 5) is 16.2. The number of halogens is 2. The van der Waals surface area contributed by atoms with Crippen LogP contribution in [0.15, 0.2) is 42.5 Å². The molecule has 0 saturated carbocycles. The second-order valence-corrected chi connectivity index (χ2v) is 11.8. The number of fused-ring (bicyclic) bond motifs is 1. The fourth-order valence-corrected chi connectivity index (χ4v) is 5.99. The summed E-state index contributed by atoms with van der Waals surface area (Å²) < 4.78 is 5.37. The van der Waals surface area contributed by atoms with Gasteiger partial charge in [0.15, 0.2) is 0 Å². The lowest BCUT2D eigenvalue weighted by Crippen LogP contribution is -2.62. The zero-order valence-corrected chi connectivity index (χ0v) is 25.9. The summed E-state index contributed by atoms with van der Waals surface area (Å²) in [5.74, 6) is 2.07. The first-order valence-electron chi connectivity index (χ1n) is 13.8. The number of phenolic OH excluding ortho intramolecular Hbond substituents is 1. The molecule has 0 radical (unpaired) electrons. The van der Waals surface area contributed by atoms with Crippen molar-refractivity contribution in [3.63, 3.8) is 0 Å². The van der Waals surface area contributed by atoms with E-state index in [4.69, 9.17) is 4.74 Å². The summed E-state index contributed by atoms with van der Waals surface area (Å²) in [6.45, 7) is 14.6. The molecular formula is C31H47Cl2N3O3. The van der Waals surface area contributed by atoms with Crippen molar-refractivity contribution >= 4 is 30.7 Å². The number of nitrogens with zero attached hydrogens (tertiary/aromatic N) is 1. The molecule has 218 valence electrons. The van der Waals surface area contributed by atoms with Crippen LogP contribution >= 0.6 is 24.8 Å². The van der Waals surface area contributed by atoms with E-state index in [1.54, 1.807) is 13.2 Å². The summed E-state index contributed by atoms with van der Waals surface area (Å²) in [5.41, 5.74) is 2.99. The lowest BCUT2D eigenvalue weighted by Gasteiger charge is -2.46. The molecule has 1 fully saturated rings. The molecule has 0 unspecified atom stereocenters. The summed E-state index contributed by atoms with van der Waals surface area (Å²) in [6.07, 6.45) is 2.70. The standard InChI is InChI=1S/C31H45N3O3.2ClH/c1-7-21(2)28(20-34-14-13-30(4,22(3)19-34)25-9-8-10-26(35)16-25)33-29(36)31(5)17-23-11-12-27(37-6)15-24(23)18-32-31;;/h8-12,15-16,21-22,28,32,35H,7,13-14,17-20H2,1-6H3,(H,33,36);2*1H/t21-,22-,28+,30+,31+;;/m0../s1. The molecule has 2 aliphatic rings. The van der Waals surface area contributed by atoms with Gasteiger partial charge in [0.05, 0.1) is 12.6 Å². The largest absolute Gasteiger partial charge is 0.508 e. The Labute approximate surface area is 247 Å². The third kappa shape index (κ3) is 7.21. The highest BCUT2D eigenvalue weighted by atomic mass is 35.5. The molecule has 8 heteroatoms. The van der Waals surface area contributed by atoms with Crippen LogP contribution in [0.5, 0.6) is 11.5 Å². The normalized spacial score (nSPS) is 26.3. The van der Waals surface area contributed by atoms with Crippen molar-refractivity contribution in [3.05, 3.63) is 59.2 Å². The summed E-state index contributed by atoms with van der Waals surface area (Å²) in [6, 6.07) is 14.0. The number of piperidine rings is 1. The number of methoxy groups -OCH3 is 1. The molecule has 6 nitrogen and oxygen atoms in total. The number of hydrogen-bond acceptors (Lipinski definition) is 5. The SMILES string of the molecule is CC[C@H](C)[C@@H](CN1CC[C@@](C)(c2cccc(O)c2)[C@@H](C)C1)NC(=O)[C@@]1(C)Cc2ccc(OC)cc2CN1.Cl.Cl. The minimum Gasteiger partial charge on any atom is -0.508 e. The Morgan fingerprint density at radius 3 is 2.59 bits per heavy atom. The van der Waals surface area contributed by atoms with E-state index in [0.717, 1.165) is 38.2 Å². The third-order valence-corrected chi connectivity index (χ3v) is 9.30. The maximum absolute atomic E-state index is 13.7. The molecule has 5 atom stereocenters. The predicted molar refractivity (Wildman–Crippen MR) is 164 cm³/mol. The van der Waals surface area contributed by atoms with E-state index in [-0.39, 0.29) is 42.2 Å².